The molecule has 20 heavy (non-hydrogen) atoms. The Morgan fingerprint density at radius 3 is 2.80 bits per heavy atom. The number of pyridine rings is 1. The summed E-state index contributed by atoms with van der Waals surface area (Å²) in [5, 5.41) is 7.38. The number of hydrogen-bond acceptors (Lipinski definition) is 3. The maximum Gasteiger partial charge on any atom is 0.184 e. The minimum Gasteiger partial charge on any atom is -0.475 e. The van der Waals surface area contributed by atoms with Crippen molar-refractivity contribution in [3.05, 3.63) is 79.0 Å². The van der Waals surface area contributed by atoms with Crippen molar-refractivity contribution in [1.29, 1.82) is 0 Å². The largest absolute Gasteiger partial charge is 0.475 e. The van der Waals surface area contributed by atoms with Gasteiger partial charge >= 0.3 is 0 Å². The lowest BCUT2D eigenvalue weighted by Crippen LogP contribution is -2.02. The summed E-state index contributed by atoms with van der Waals surface area (Å²) < 4.78 is 7.41. The zero-order valence-corrected chi connectivity index (χ0v) is 11.0. The number of ether oxygens (including phenoxy) is 1. The third-order valence-corrected chi connectivity index (χ3v) is 2.96. The number of aromatic nitrogens is 2. The van der Waals surface area contributed by atoms with Gasteiger partial charge in [0.15, 0.2) is 5.88 Å². The van der Waals surface area contributed by atoms with Gasteiger partial charge in [-0.05, 0) is 24.3 Å². The quantitative estimate of drug-likeness (QED) is 0.718. The summed E-state index contributed by atoms with van der Waals surface area (Å²) in [5.41, 5.74) is 2.97. The Labute approximate surface area is 117 Å². The van der Waals surface area contributed by atoms with Crippen LogP contribution in [0.15, 0.2) is 73.4 Å². The third kappa shape index (κ3) is 2.64. The third-order valence-electron chi connectivity index (χ3n) is 2.96. The SMILES string of the molecule is C=C(Nc1cnn2ccccc12)OCc1ccccc1. The molecule has 0 fully saturated rings. The Morgan fingerprint density at radius 2 is 1.95 bits per heavy atom. The Bertz CT molecular complexity index is 719. The van der Waals surface area contributed by atoms with Crippen molar-refractivity contribution in [1.82, 2.24) is 9.61 Å². The van der Waals surface area contributed by atoms with Crippen LogP contribution in [0.4, 0.5) is 5.69 Å². The molecule has 0 saturated carbocycles. The molecule has 0 aliphatic rings. The maximum atomic E-state index is 5.61. The van der Waals surface area contributed by atoms with E-state index in [0.29, 0.717) is 12.5 Å². The first-order chi connectivity index (χ1) is 9.83. The molecule has 2 heterocycles. The molecule has 2 aromatic heterocycles. The molecule has 0 saturated heterocycles. The van der Waals surface area contributed by atoms with E-state index in [1.54, 1.807) is 10.7 Å². The Balaban J connectivity index is 1.64. The average Bonchev–Trinajstić information content (AvgIpc) is 2.90. The van der Waals surface area contributed by atoms with Gasteiger partial charge in [-0.1, -0.05) is 36.4 Å². The maximum absolute atomic E-state index is 5.61. The second kappa shape index (κ2) is 5.48. The molecule has 0 radical (unpaired) electrons. The van der Waals surface area contributed by atoms with Gasteiger partial charge in [-0.15, -0.1) is 0 Å². The highest BCUT2D eigenvalue weighted by atomic mass is 16.5. The summed E-state index contributed by atoms with van der Waals surface area (Å²) in [4.78, 5) is 0. The van der Waals surface area contributed by atoms with Gasteiger partial charge in [0.25, 0.3) is 0 Å². The molecule has 0 atom stereocenters. The van der Waals surface area contributed by atoms with Crippen LogP contribution < -0.4 is 5.32 Å². The number of anilines is 1. The summed E-state index contributed by atoms with van der Waals surface area (Å²) in [5.74, 6) is 0.507. The predicted octanol–water partition coefficient (Wildman–Crippen LogP) is 3.43. The van der Waals surface area contributed by atoms with Gasteiger partial charge in [-0.2, -0.15) is 5.10 Å². The molecule has 4 heteroatoms. The molecular weight excluding hydrogens is 250 g/mol. The van der Waals surface area contributed by atoms with Crippen LogP contribution in [0.1, 0.15) is 5.56 Å². The fraction of sp³-hybridized carbons (Fsp3) is 0.0625. The van der Waals surface area contributed by atoms with E-state index in [4.69, 9.17) is 4.74 Å². The lowest BCUT2D eigenvalue weighted by atomic mass is 10.2. The summed E-state index contributed by atoms with van der Waals surface area (Å²) in [7, 11) is 0. The van der Waals surface area contributed by atoms with Crippen LogP contribution in [0.5, 0.6) is 0 Å². The molecule has 0 bridgehead atoms. The summed E-state index contributed by atoms with van der Waals surface area (Å²) in [6.07, 6.45) is 3.65. The van der Waals surface area contributed by atoms with Crippen LogP contribution in [0, 0.1) is 0 Å². The van der Waals surface area contributed by atoms with E-state index in [-0.39, 0.29) is 0 Å². The Hall–Kier alpha value is -2.75. The van der Waals surface area contributed by atoms with Crippen molar-refractivity contribution in [2.45, 2.75) is 6.61 Å². The van der Waals surface area contributed by atoms with Gasteiger partial charge in [-0.3, -0.25) is 0 Å². The van der Waals surface area contributed by atoms with E-state index in [2.05, 4.69) is 17.0 Å². The monoisotopic (exact) mass is 265 g/mol. The minimum atomic E-state index is 0.492. The van der Waals surface area contributed by atoms with E-state index in [0.717, 1.165) is 16.8 Å². The van der Waals surface area contributed by atoms with Crippen molar-refractivity contribution in [2.24, 2.45) is 0 Å². The number of hydrogen-bond donors (Lipinski definition) is 1. The van der Waals surface area contributed by atoms with E-state index in [1.165, 1.54) is 0 Å². The Morgan fingerprint density at radius 1 is 1.15 bits per heavy atom. The van der Waals surface area contributed by atoms with Gasteiger partial charge in [0.05, 0.1) is 17.4 Å². The van der Waals surface area contributed by atoms with Crippen LogP contribution >= 0.6 is 0 Å². The molecule has 0 aliphatic carbocycles. The van der Waals surface area contributed by atoms with Crippen molar-refractivity contribution in [2.75, 3.05) is 5.32 Å². The van der Waals surface area contributed by atoms with Crippen LogP contribution in [-0.2, 0) is 11.3 Å². The van der Waals surface area contributed by atoms with Gasteiger partial charge in [0.1, 0.15) is 6.61 Å². The fourth-order valence-electron chi connectivity index (χ4n) is 1.96. The molecule has 0 spiro atoms. The lowest BCUT2D eigenvalue weighted by molar-refractivity contribution is 0.205. The molecule has 0 unspecified atom stereocenters. The van der Waals surface area contributed by atoms with E-state index in [1.807, 2.05) is 54.7 Å². The van der Waals surface area contributed by atoms with Crippen LogP contribution in [0.2, 0.25) is 0 Å². The van der Waals surface area contributed by atoms with Crippen LogP contribution in [0.25, 0.3) is 5.52 Å². The highest BCUT2D eigenvalue weighted by molar-refractivity contribution is 5.72. The van der Waals surface area contributed by atoms with E-state index in [9.17, 15) is 0 Å². The fourth-order valence-corrected chi connectivity index (χ4v) is 1.96. The Kier molecular flexibility index (Phi) is 3.37. The molecule has 1 N–H and O–H groups in total. The molecule has 0 amide bonds. The number of nitrogens with zero attached hydrogens (tertiary/aromatic N) is 2. The number of rotatable bonds is 5. The first-order valence-electron chi connectivity index (χ1n) is 6.38. The second-order valence-corrected chi connectivity index (χ2v) is 4.41. The molecule has 3 rings (SSSR count). The summed E-state index contributed by atoms with van der Waals surface area (Å²) >= 11 is 0. The summed E-state index contributed by atoms with van der Waals surface area (Å²) in [6, 6.07) is 15.9. The minimum absolute atomic E-state index is 0.492. The molecular formula is C16H15N3O. The van der Waals surface area contributed by atoms with Crippen LogP contribution in [0.3, 0.4) is 0 Å². The lowest BCUT2D eigenvalue weighted by Gasteiger charge is -2.10. The van der Waals surface area contributed by atoms with Crippen molar-refractivity contribution in [3.63, 3.8) is 0 Å². The topological polar surface area (TPSA) is 38.6 Å². The normalized spacial score (nSPS) is 10.4. The number of benzene rings is 1. The van der Waals surface area contributed by atoms with E-state index >= 15 is 0 Å². The summed E-state index contributed by atoms with van der Waals surface area (Å²) in [6.45, 7) is 4.37. The number of nitrogens with one attached hydrogen (secondary N) is 1. The zero-order valence-electron chi connectivity index (χ0n) is 11.0. The van der Waals surface area contributed by atoms with Gasteiger partial charge in [0.2, 0.25) is 0 Å². The van der Waals surface area contributed by atoms with Gasteiger partial charge < -0.3 is 10.1 Å². The van der Waals surface area contributed by atoms with E-state index < -0.39 is 0 Å². The molecule has 1 aromatic carbocycles. The van der Waals surface area contributed by atoms with Gasteiger partial charge in [0, 0.05) is 6.20 Å². The number of fused-ring (bicyclic) bond motifs is 1. The molecule has 100 valence electrons. The first-order valence-corrected chi connectivity index (χ1v) is 6.38. The predicted molar refractivity (Wildman–Crippen MR) is 79.2 cm³/mol. The average molecular weight is 265 g/mol. The highest BCUT2D eigenvalue weighted by Gasteiger charge is 2.04. The van der Waals surface area contributed by atoms with Crippen molar-refractivity contribution in [3.8, 4) is 0 Å². The van der Waals surface area contributed by atoms with Crippen molar-refractivity contribution >= 4 is 11.2 Å². The zero-order chi connectivity index (χ0) is 13.8. The van der Waals surface area contributed by atoms with Crippen molar-refractivity contribution < 1.29 is 4.74 Å². The van der Waals surface area contributed by atoms with Crippen LogP contribution in [-0.4, -0.2) is 9.61 Å². The van der Waals surface area contributed by atoms with Gasteiger partial charge in [-0.25, -0.2) is 4.52 Å². The highest BCUT2D eigenvalue weighted by Crippen LogP contribution is 2.18. The molecule has 3 aromatic rings. The molecule has 4 nitrogen and oxygen atoms in total. The molecule has 0 aliphatic heterocycles. The standard InChI is InChI=1S/C16H15N3O/c1-13(20-12-14-7-3-2-4-8-14)18-15-11-17-19-10-6-5-9-16(15)19/h2-11,18H,1,12H2. The smallest absolute Gasteiger partial charge is 0.184 e. The second-order valence-electron chi connectivity index (χ2n) is 4.41. The first kappa shape index (κ1) is 12.3.